The molecule has 3 rings (SSSR count). The molecule has 0 aromatic carbocycles. The number of H-pyrrole nitrogens is 1. The fourth-order valence-electron chi connectivity index (χ4n) is 2.65. The SMILES string of the molecule is O=C(Cc1cccs1)N1CCO[C@@H](CCc2cc(=O)[nH]cn2)C1. The molecule has 2 aromatic heterocycles. The summed E-state index contributed by atoms with van der Waals surface area (Å²) in [4.78, 5) is 33.2. The van der Waals surface area contributed by atoms with Crippen molar-refractivity contribution in [3.05, 3.63) is 50.8 Å². The second-order valence-corrected chi connectivity index (χ2v) is 6.56. The van der Waals surface area contributed by atoms with Gasteiger partial charge < -0.3 is 14.6 Å². The molecule has 23 heavy (non-hydrogen) atoms. The number of nitrogens with one attached hydrogen (secondary N) is 1. The number of hydrogen-bond acceptors (Lipinski definition) is 5. The van der Waals surface area contributed by atoms with E-state index < -0.39 is 0 Å². The minimum absolute atomic E-state index is 0.00266. The summed E-state index contributed by atoms with van der Waals surface area (Å²) in [6.07, 6.45) is 3.29. The van der Waals surface area contributed by atoms with Crippen molar-refractivity contribution in [2.75, 3.05) is 19.7 Å². The molecule has 1 saturated heterocycles. The molecule has 0 spiro atoms. The molecule has 0 aliphatic carbocycles. The number of nitrogens with zero attached hydrogens (tertiary/aromatic N) is 2. The molecule has 1 aliphatic heterocycles. The van der Waals surface area contributed by atoms with Crippen molar-refractivity contribution < 1.29 is 9.53 Å². The van der Waals surface area contributed by atoms with Gasteiger partial charge in [-0.2, -0.15) is 0 Å². The third-order valence-corrected chi connectivity index (χ3v) is 4.73. The zero-order chi connectivity index (χ0) is 16.1. The number of thiophene rings is 1. The predicted molar refractivity (Wildman–Crippen MR) is 87.5 cm³/mol. The molecule has 1 N–H and O–H groups in total. The highest BCUT2D eigenvalue weighted by Gasteiger charge is 2.24. The Kier molecular flexibility index (Phi) is 5.19. The molecular weight excluding hydrogens is 314 g/mol. The molecule has 3 heterocycles. The lowest BCUT2D eigenvalue weighted by molar-refractivity contribution is -0.138. The van der Waals surface area contributed by atoms with Gasteiger partial charge in [-0.05, 0) is 24.3 Å². The van der Waals surface area contributed by atoms with Crippen molar-refractivity contribution in [1.82, 2.24) is 14.9 Å². The van der Waals surface area contributed by atoms with Gasteiger partial charge in [-0.25, -0.2) is 4.98 Å². The molecule has 0 saturated carbocycles. The molecule has 2 aromatic rings. The number of carbonyl (C=O) groups excluding carboxylic acids is 1. The van der Waals surface area contributed by atoms with E-state index in [2.05, 4.69) is 9.97 Å². The number of amides is 1. The summed E-state index contributed by atoms with van der Waals surface area (Å²) >= 11 is 1.61. The van der Waals surface area contributed by atoms with Gasteiger partial charge in [-0.3, -0.25) is 9.59 Å². The summed E-state index contributed by atoms with van der Waals surface area (Å²) in [6.45, 7) is 1.81. The molecule has 0 bridgehead atoms. The largest absolute Gasteiger partial charge is 0.375 e. The second-order valence-electron chi connectivity index (χ2n) is 5.53. The number of aromatic amines is 1. The maximum absolute atomic E-state index is 12.3. The van der Waals surface area contributed by atoms with Crippen molar-refractivity contribution in [1.29, 1.82) is 0 Å². The number of hydrogen-bond donors (Lipinski definition) is 1. The number of aryl methyl sites for hydroxylation is 1. The van der Waals surface area contributed by atoms with Crippen LogP contribution in [0.5, 0.6) is 0 Å². The van der Waals surface area contributed by atoms with Crippen LogP contribution in [0.2, 0.25) is 0 Å². The van der Waals surface area contributed by atoms with Gasteiger partial charge in [-0.1, -0.05) is 6.07 Å². The first kappa shape index (κ1) is 15.9. The lowest BCUT2D eigenvalue weighted by atomic mass is 10.1. The zero-order valence-electron chi connectivity index (χ0n) is 12.7. The molecule has 0 radical (unpaired) electrons. The Bertz CT molecular complexity index is 699. The molecule has 7 heteroatoms. The van der Waals surface area contributed by atoms with Crippen LogP contribution in [0.1, 0.15) is 17.0 Å². The van der Waals surface area contributed by atoms with E-state index in [1.165, 1.54) is 12.4 Å². The van der Waals surface area contributed by atoms with E-state index >= 15 is 0 Å². The lowest BCUT2D eigenvalue weighted by Gasteiger charge is -2.33. The van der Waals surface area contributed by atoms with Gasteiger partial charge in [0.2, 0.25) is 5.91 Å². The smallest absolute Gasteiger partial charge is 0.250 e. The van der Waals surface area contributed by atoms with E-state index in [0.29, 0.717) is 32.5 Å². The van der Waals surface area contributed by atoms with Crippen LogP contribution < -0.4 is 5.56 Å². The van der Waals surface area contributed by atoms with Gasteiger partial charge in [0.15, 0.2) is 0 Å². The van der Waals surface area contributed by atoms with Gasteiger partial charge in [0.1, 0.15) is 0 Å². The van der Waals surface area contributed by atoms with Crippen LogP contribution in [0.25, 0.3) is 0 Å². The van der Waals surface area contributed by atoms with Crippen LogP contribution in [0.3, 0.4) is 0 Å². The number of rotatable bonds is 5. The van der Waals surface area contributed by atoms with Crippen molar-refractivity contribution in [2.45, 2.75) is 25.4 Å². The van der Waals surface area contributed by atoms with Gasteiger partial charge in [0.25, 0.3) is 5.56 Å². The Morgan fingerprint density at radius 3 is 3.22 bits per heavy atom. The minimum Gasteiger partial charge on any atom is -0.375 e. The molecule has 1 atom stereocenters. The Morgan fingerprint density at radius 2 is 2.43 bits per heavy atom. The third kappa shape index (κ3) is 4.49. The van der Waals surface area contributed by atoms with E-state index in [9.17, 15) is 9.59 Å². The molecule has 1 fully saturated rings. The van der Waals surface area contributed by atoms with Gasteiger partial charge in [0.05, 0.1) is 25.5 Å². The number of aromatic nitrogens is 2. The Hall–Kier alpha value is -1.99. The van der Waals surface area contributed by atoms with Gasteiger partial charge >= 0.3 is 0 Å². The number of morpholine rings is 1. The second kappa shape index (κ2) is 7.52. The van der Waals surface area contributed by atoms with Crippen LogP contribution in [0.4, 0.5) is 0 Å². The van der Waals surface area contributed by atoms with Crippen molar-refractivity contribution in [2.24, 2.45) is 0 Å². The van der Waals surface area contributed by atoms with Crippen LogP contribution >= 0.6 is 11.3 Å². The lowest BCUT2D eigenvalue weighted by Crippen LogP contribution is -2.46. The summed E-state index contributed by atoms with van der Waals surface area (Å²) in [5.74, 6) is 0.148. The average molecular weight is 333 g/mol. The summed E-state index contributed by atoms with van der Waals surface area (Å²) in [5, 5.41) is 1.99. The molecule has 1 aliphatic rings. The van der Waals surface area contributed by atoms with Crippen LogP contribution in [0.15, 0.2) is 34.7 Å². The average Bonchev–Trinajstić information content (AvgIpc) is 3.06. The van der Waals surface area contributed by atoms with E-state index in [4.69, 9.17) is 4.74 Å². The van der Waals surface area contributed by atoms with E-state index in [1.54, 1.807) is 11.3 Å². The highest BCUT2D eigenvalue weighted by molar-refractivity contribution is 7.10. The maximum atomic E-state index is 12.3. The Labute approximate surface area is 138 Å². The van der Waals surface area contributed by atoms with E-state index in [-0.39, 0.29) is 17.6 Å². The topological polar surface area (TPSA) is 75.3 Å². The first-order valence-corrected chi connectivity index (χ1v) is 8.54. The summed E-state index contributed by atoms with van der Waals surface area (Å²) in [6, 6.07) is 5.45. The van der Waals surface area contributed by atoms with Gasteiger partial charge in [0, 0.05) is 29.7 Å². The van der Waals surface area contributed by atoms with E-state index in [0.717, 1.165) is 17.0 Å². The maximum Gasteiger partial charge on any atom is 0.250 e. The summed E-state index contributed by atoms with van der Waals surface area (Å²) < 4.78 is 5.74. The minimum atomic E-state index is -0.146. The zero-order valence-corrected chi connectivity index (χ0v) is 13.6. The number of carbonyl (C=O) groups is 1. The molecule has 1 amide bonds. The van der Waals surface area contributed by atoms with Crippen LogP contribution in [0, 0.1) is 0 Å². The Morgan fingerprint density at radius 1 is 1.52 bits per heavy atom. The van der Waals surface area contributed by atoms with E-state index in [1.807, 2.05) is 22.4 Å². The monoisotopic (exact) mass is 333 g/mol. The summed E-state index contributed by atoms with van der Waals surface area (Å²) in [5.41, 5.74) is 0.603. The molecular formula is C16H19N3O3S. The highest BCUT2D eigenvalue weighted by Crippen LogP contribution is 2.15. The fraction of sp³-hybridized carbons (Fsp3) is 0.438. The fourth-order valence-corrected chi connectivity index (χ4v) is 3.35. The highest BCUT2D eigenvalue weighted by atomic mass is 32.1. The first-order chi connectivity index (χ1) is 11.2. The summed E-state index contributed by atoms with van der Waals surface area (Å²) in [7, 11) is 0. The molecule has 122 valence electrons. The van der Waals surface area contributed by atoms with Crippen LogP contribution in [-0.4, -0.2) is 46.6 Å². The first-order valence-electron chi connectivity index (χ1n) is 7.66. The Balaban J connectivity index is 1.51. The van der Waals surface area contributed by atoms with Crippen molar-refractivity contribution in [3.8, 4) is 0 Å². The normalized spacial score (nSPS) is 18.1. The standard InChI is InChI=1S/C16H19N3O3S/c20-15-8-12(17-11-18-15)3-4-13-10-19(5-6-22-13)16(21)9-14-2-1-7-23-14/h1-2,7-8,11,13H,3-6,9-10H2,(H,17,18,20)/t13-/m0/s1. The molecule has 0 unspecified atom stereocenters. The number of ether oxygens (including phenoxy) is 1. The predicted octanol–water partition coefficient (Wildman–Crippen LogP) is 1.23. The third-order valence-electron chi connectivity index (χ3n) is 3.85. The van der Waals surface area contributed by atoms with Crippen molar-refractivity contribution in [3.63, 3.8) is 0 Å². The van der Waals surface area contributed by atoms with Crippen LogP contribution in [-0.2, 0) is 22.4 Å². The van der Waals surface area contributed by atoms with Crippen molar-refractivity contribution >= 4 is 17.2 Å². The molecule has 6 nitrogen and oxygen atoms in total. The van der Waals surface area contributed by atoms with Gasteiger partial charge in [-0.15, -0.1) is 11.3 Å². The quantitative estimate of drug-likeness (QED) is 0.893.